The van der Waals surface area contributed by atoms with Crippen molar-refractivity contribution < 1.29 is 22.7 Å². The standard InChI is InChI=1S/C25H22BrNO5S/c1-16-9-11-19(12-10-16)33(30,31)27-22(18-7-5-4-6-8-18)20(24(29)32-3)14-25(27)13-17(2)23(28)21(26)15-25/h4-13,15H,14H2,1-3H3. The van der Waals surface area contributed by atoms with Crippen LogP contribution in [0.15, 0.2) is 87.3 Å². The molecule has 1 heterocycles. The summed E-state index contributed by atoms with van der Waals surface area (Å²) in [5, 5.41) is 0. The lowest BCUT2D eigenvalue weighted by atomic mass is 9.86. The molecule has 0 fully saturated rings. The maximum Gasteiger partial charge on any atom is 0.336 e. The Morgan fingerprint density at radius 1 is 1.03 bits per heavy atom. The van der Waals surface area contributed by atoms with Gasteiger partial charge in [0.25, 0.3) is 10.0 Å². The highest BCUT2D eigenvalue weighted by atomic mass is 79.9. The van der Waals surface area contributed by atoms with Crippen molar-refractivity contribution >= 4 is 43.4 Å². The van der Waals surface area contributed by atoms with Gasteiger partial charge in [0.05, 0.1) is 33.3 Å². The predicted molar refractivity (Wildman–Crippen MR) is 129 cm³/mol. The van der Waals surface area contributed by atoms with E-state index in [1.807, 2.05) is 13.0 Å². The zero-order valence-electron chi connectivity index (χ0n) is 18.3. The van der Waals surface area contributed by atoms with Crippen molar-refractivity contribution in [3.63, 3.8) is 0 Å². The first kappa shape index (κ1) is 23.2. The third kappa shape index (κ3) is 3.87. The first-order valence-electron chi connectivity index (χ1n) is 10.2. The lowest BCUT2D eigenvalue weighted by Crippen LogP contribution is -2.46. The van der Waals surface area contributed by atoms with E-state index in [9.17, 15) is 18.0 Å². The van der Waals surface area contributed by atoms with Crippen molar-refractivity contribution in [3.8, 4) is 0 Å². The van der Waals surface area contributed by atoms with Crippen LogP contribution in [0.2, 0.25) is 0 Å². The number of carbonyl (C=O) groups excluding carboxylic acids is 2. The second-order valence-corrected chi connectivity index (χ2v) is 10.7. The molecule has 0 saturated heterocycles. The van der Waals surface area contributed by atoms with Gasteiger partial charge in [-0.1, -0.05) is 48.0 Å². The Labute approximate surface area is 201 Å². The van der Waals surface area contributed by atoms with Crippen LogP contribution in [0.1, 0.15) is 24.5 Å². The number of hydrogen-bond acceptors (Lipinski definition) is 5. The molecule has 2 aromatic rings. The molecule has 170 valence electrons. The number of hydrogen-bond donors (Lipinski definition) is 0. The smallest absolute Gasteiger partial charge is 0.336 e. The van der Waals surface area contributed by atoms with Crippen LogP contribution >= 0.6 is 15.9 Å². The van der Waals surface area contributed by atoms with Gasteiger partial charge in [-0.05, 0) is 65.2 Å². The molecule has 0 N–H and O–H groups in total. The summed E-state index contributed by atoms with van der Waals surface area (Å²) >= 11 is 3.30. The Morgan fingerprint density at radius 3 is 2.24 bits per heavy atom. The average Bonchev–Trinajstić information content (AvgIpc) is 3.12. The highest BCUT2D eigenvalue weighted by Gasteiger charge is 2.52. The Morgan fingerprint density at radius 2 is 1.67 bits per heavy atom. The van der Waals surface area contributed by atoms with E-state index in [1.165, 1.54) is 11.4 Å². The number of ketones is 1. The number of allylic oxidation sites excluding steroid dienone is 2. The van der Waals surface area contributed by atoms with E-state index in [0.717, 1.165) is 5.56 Å². The fourth-order valence-electron chi connectivity index (χ4n) is 4.28. The number of ether oxygens (including phenoxy) is 1. The van der Waals surface area contributed by atoms with E-state index in [-0.39, 0.29) is 32.9 Å². The van der Waals surface area contributed by atoms with Crippen molar-refractivity contribution in [2.45, 2.75) is 30.7 Å². The fourth-order valence-corrected chi connectivity index (χ4v) is 6.76. The minimum atomic E-state index is -4.15. The number of benzene rings is 2. The number of carbonyl (C=O) groups is 2. The Bertz CT molecular complexity index is 1320. The molecule has 0 saturated carbocycles. The molecule has 8 heteroatoms. The maximum absolute atomic E-state index is 14.1. The minimum absolute atomic E-state index is 0.0225. The van der Waals surface area contributed by atoms with Crippen molar-refractivity contribution in [1.29, 1.82) is 0 Å². The third-order valence-corrected chi connectivity index (χ3v) is 8.24. The number of rotatable bonds is 4. The number of methoxy groups -OCH3 is 1. The van der Waals surface area contributed by atoms with Crippen molar-refractivity contribution in [3.05, 3.63) is 93.5 Å². The fraction of sp³-hybridized carbons (Fsp3) is 0.200. The minimum Gasteiger partial charge on any atom is -0.466 e. The first-order valence-corrected chi connectivity index (χ1v) is 12.5. The van der Waals surface area contributed by atoms with Gasteiger partial charge >= 0.3 is 5.97 Å². The molecule has 1 unspecified atom stereocenters. The summed E-state index contributed by atoms with van der Waals surface area (Å²) in [6.45, 7) is 3.50. The molecule has 0 aromatic heterocycles. The SMILES string of the molecule is COC(=O)C1=C(c2ccccc2)N(S(=O)(=O)c2ccc(C)cc2)C2(C=C(C)C(=O)C(Br)=C2)C1. The third-order valence-electron chi connectivity index (χ3n) is 5.78. The van der Waals surface area contributed by atoms with Crippen LogP contribution in [0, 0.1) is 6.92 Å². The summed E-state index contributed by atoms with van der Waals surface area (Å²) in [4.78, 5) is 25.5. The predicted octanol–water partition coefficient (Wildman–Crippen LogP) is 4.52. The Hall–Kier alpha value is -2.97. The molecule has 33 heavy (non-hydrogen) atoms. The normalized spacial score (nSPS) is 20.7. The van der Waals surface area contributed by atoms with Gasteiger partial charge in [0.15, 0.2) is 5.78 Å². The van der Waals surface area contributed by atoms with Crippen LogP contribution in [0.5, 0.6) is 0 Å². The lowest BCUT2D eigenvalue weighted by Gasteiger charge is -2.38. The van der Waals surface area contributed by atoms with Gasteiger partial charge < -0.3 is 4.74 Å². The summed E-state index contributed by atoms with van der Waals surface area (Å²) in [6, 6.07) is 15.4. The summed E-state index contributed by atoms with van der Waals surface area (Å²) in [6.07, 6.45) is 3.20. The first-order chi connectivity index (χ1) is 15.6. The Kier molecular flexibility index (Phi) is 5.92. The van der Waals surface area contributed by atoms with Crippen LogP contribution in [0.4, 0.5) is 0 Å². The lowest BCUT2D eigenvalue weighted by molar-refractivity contribution is -0.136. The highest BCUT2D eigenvalue weighted by Crippen LogP contribution is 2.50. The van der Waals surface area contributed by atoms with Crippen molar-refractivity contribution in [2.24, 2.45) is 0 Å². The molecule has 0 radical (unpaired) electrons. The number of nitrogens with zero attached hydrogens (tertiary/aromatic N) is 1. The van der Waals surface area contributed by atoms with Crippen LogP contribution < -0.4 is 0 Å². The van der Waals surface area contributed by atoms with Crippen LogP contribution in [0.25, 0.3) is 5.70 Å². The zero-order valence-corrected chi connectivity index (χ0v) is 20.7. The maximum atomic E-state index is 14.1. The molecule has 1 aliphatic heterocycles. The summed E-state index contributed by atoms with van der Waals surface area (Å²) < 4.78 is 34.8. The van der Waals surface area contributed by atoms with E-state index in [4.69, 9.17) is 4.74 Å². The second kappa shape index (κ2) is 8.43. The van der Waals surface area contributed by atoms with E-state index in [1.54, 1.807) is 67.6 Å². The van der Waals surface area contributed by atoms with Gasteiger partial charge in [0, 0.05) is 6.42 Å². The molecule has 6 nitrogen and oxygen atoms in total. The molecule has 4 rings (SSSR count). The summed E-state index contributed by atoms with van der Waals surface area (Å²) in [5.41, 5.74) is 1.01. The number of sulfonamides is 1. The van der Waals surface area contributed by atoms with E-state index < -0.39 is 21.5 Å². The second-order valence-electron chi connectivity index (χ2n) is 8.08. The van der Waals surface area contributed by atoms with Crippen molar-refractivity contribution in [2.75, 3.05) is 7.11 Å². The number of Topliss-reactive ketones (excluding diaryl/α,β-unsaturated/α-hetero) is 1. The molecule has 0 amide bonds. The topological polar surface area (TPSA) is 80.8 Å². The molecular formula is C25H22BrNO5S. The number of esters is 1. The van der Waals surface area contributed by atoms with Crippen LogP contribution in [-0.4, -0.2) is 37.1 Å². The Balaban J connectivity index is 2.06. The van der Waals surface area contributed by atoms with E-state index >= 15 is 0 Å². The van der Waals surface area contributed by atoms with Gasteiger partial charge in [-0.2, -0.15) is 0 Å². The zero-order chi connectivity index (χ0) is 24.0. The molecule has 1 aliphatic carbocycles. The molecule has 0 bridgehead atoms. The van der Waals surface area contributed by atoms with Crippen molar-refractivity contribution in [1.82, 2.24) is 4.31 Å². The highest BCUT2D eigenvalue weighted by molar-refractivity contribution is 9.12. The number of halogens is 1. The molecular weight excluding hydrogens is 506 g/mol. The van der Waals surface area contributed by atoms with Gasteiger partial charge in [-0.25, -0.2) is 13.2 Å². The quantitative estimate of drug-likeness (QED) is 0.546. The van der Waals surface area contributed by atoms with Gasteiger partial charge in [-0.3, -0.25) is 9.10 Å². The van der Waals surface area contributed by atoms with Gasteiger partial charge in [-0.15, -0.1) is 0 Å². The van der Waals surface area contributed by atoms with Crippen LogP contribution in [-0.2, 0) is 24.3 Å². The van der Waals surface area contributed by atoms with Gasteiger partial charge in [0.2, 0.25) is 0 Å². The van der Waals surface area contributed by atoms with E-state index in [2.05, 4.69) is 15.9 Å². The largest absolute Gasteiger partial charge is 0.466 e. The number of aryl methyl sites for hydroxylation is 1. The van der Waals surface area contributed by atoms with Crippen LogP contribution in [0.3, 0.4) is 0 Å². The summed E-state index contributed by atoms with van der Waals surface area (Å²) in [7, 11) is -2.89. The summed E-state index contributed by atoms with van der Waals surface area (Å²) in [5.74, 6) is -0.858. The monoisotopic (exact) mass is 527 g/mol. The van der Waals surface area contributed by atoms with E-state index in [0.29, 0.717) is 11.1 Å². The molecule has 2 aliphatic rings. The molecule has 1 spiro atoms. The average molecular weight is 528 g/mol. The molecule has 1 atom stereocenters. The van der Waals surface area contributed by atoms with Gasteiger partial charge in [0.1, 0.15) is 0 Å². The molecule has 2 aromatic carbocycles.